The molecule has 0 unspecified atom stereocenters. The Kier molecular flexibility index (Phi) is 5.85. The zero-order valence-corrected chi connectivity index (χ0v) is 17.7. The molecule has 156 valence electrons. The quantitative estimate of drug-likeness (QED) is 0.582. The van der Waals surface area contributed by atoms with E-state index in [1.165, 1.54) is 56.4 Å². The van der Waals surface area contributed by atoms with Crippen LogP contribution in [0.2, 0.25) is 0 Å². The van der Waals surface area contributed by atoms with Gasteiger partial charge in [0.05, 0.1) is 17.4 Å². The number of ether oxygens (including phenoxy) is 1. The van der Waals surface area contributed by atoms with Gasteiger partial charge in [-0.2, -0.15) is 0 Å². The minimum absolute atomic E-state index is 0.587. The third-order valence-electron chi connectivity index (χ3n) is 6.62. The van der Waals surface area contributed by atoms with E-state index in [4.69, 9.17) is 9.72 Å². The summed E-state index contributed by atoms with van der Waals surface area (Å²) in [5, 5.41) is 1.15. The van der Waals surface area contributed by atoms with Crippen LogP contribution in [-0.2, 0) is 6.61 Å². The molecule has 0 saturated carbocycles. The third kappa shape index (κ3) is 4.44. The number of anilines is 1. The molecule has 2 fully saturated rings. The second-order valence-corrected chi connectivity index (χ2v) is 8.64. The molecule has 2 aliphatic rings. The van der Waals surface area contributed by atoms with Gasteiger partial charge in [0.25, 0.3) is 0 Å². The first-order chi connectivity index (χ1) is 14.8. The number of benzene rings is 2. The van der Waals surface area contributed by atoms with E-state index in [0.29, 0.717) is 6.61 Å². The molecular formula is C26H31N3O. The van der Waals surface area contributed by atoms with Crippen molar-refractivity contribution in [3.05, 3.63) is 66.4 Å². The molecule has 4 nitrogen and oxygen atoms in total. The van der Waals surface area contributed by atoms with Crippen LogP contribution >= 0.6 is 0 Å². The summed E-state index contributed by atoms with van der Waals surface area (Å²) >= 11 is 0. The molecule has 3 heterocycles. The minimum atomic E-state index is 0.587. The van der Waals surface area contributed by atoms with Crippen LogP contribution in [0.1, 0.15) is 37.7 Å². The van der Waals surface area contributed by atoms with E-state index in [1.807, 2.05) is 30.5 Å². The Bertz CT molecular complexity index is 960. The molecule has 4 heteroatoms. The molecule has 2 aromatic carbocycles. The molecule has 0 amide bonds. The minimum Gasteiger partial charge on any atom is -0.489 e. The first-order valence-corrected chi connectivity index (χ1v) is 11.4. The summed E-state index contributed by atoms with van der Waals surface area (Å²) in [7, 11) is 0. The number of fused-ring (bicyclic) bond motifs is 1. The van der Waals surface area contributed by atoms with Crippen LogP contribution in [-0.4, -0.2) is 42.1 Å². The van der Waals surface area contributed by atoms with Crippen molar-refractivity contribution in [3.63, 3.8) is 0 Å². The lowest BCUT2D eigenvalue weighted by Crippen LogP contribution is -2.46. The monoisotopic (exact) mass is 401 g/mol. The van der Waals surface area contributed by atoms with E-state index < -0.39 is 0 Å². The van der Waals surface area contributed by atoms with E-state index in [-0.39, 0.29) is 0 Å². The number of likely N-dealkylation sites (tertiary alicyclic amines) is 1. The Morgan fingerprint density at radius 1 is 0.867 bits per heavy atom. The Morgan fingerprint density at radius 3 is 2.47 bits per heavy atom. The summed E-state index contributed by atoms with van der Waals surface area (Å²) < 4.78 is 6.02. The largest absolute Gasteiger partial charge is 0.489 e. The standard InChI is InChI=1S/C26H31N3O/c1-3-7-21(8-4-1)20-30-25-9-10-26-22(18-25)17-24(19-27-26)29-15-11-23(12-16-29)28-13-5-2-6-14-28/h1,3-4,7-10,17-19,23H,2,5-6,11-16,20H2. The highest BCUT2D eigenvalue weighted by Gasteiger charge is 2.25. The zero-order valence-electron chi connectivity index (χ0n) is 17.7. The highest BCUT2D eigenvalue weighted by atomic mass is 16.5. The molecule has 0 N–H and O–H groups in total. The predicted octanol–water partition coefficient (Wildman–Crippen LogP) is 5.27. The molecule has 0 atom stereocenters. The smallest absolute Gasteiger partial charge is 0.120 e. The fraction of sp³-hybridized carbons (Fsp3) is 0.423. The summed E-state index contributed by atoms with van der Waals surface area (Å²) in [4.78, 5) is 9.95. The zero-order chi connectivity index (χ0) is 20.2. The number of hydrogen-bond donors (Lipinski definition) is 0. The lowest BCUT2D eigenvalue weighted by atomic mass is 9.99. The van der Waals surface area contributed by atoms with Crippen LogP contribution < -0.4 is 9.64 Å². The maximum atomic E-state index is 6.02. The van der Waals surface area contributed by atoms with E-state index in [9.17, 15) is 0 Å². The van der Waals surface area contributed by atoms with Crippen LogP contribution in [0.25, 0.3) is 10.9 Å². The van der Waals surface area contributed by atoms with Gasteiger partial charge in [-0.05, 0) is 68.6 Å². The van der Waals surface area contributed by atoms with Gasteiger partial charge in [0, 0.05) is 24.5 Å². The molecule has 2 saturated heterocycles. The number of piperidine rings is 2. The third-order valence-corrected chi connectivity index (χ3v) is 6.62. The van der Waals surface area contributed by atoms with Gasteiger partial charge in [-0.3, -0.25) is 4.98 Å². The van der Waals surface area contributed by atoms with Gasteiger partial charge < -0.3 is 14.5 Å². The van der Waals surface area contributed by atoms with E-state index in [1.54, 1.807) is 0 Å². The topological polar surface area (TPSA) is 28.6 Å². The van der Waals surface area contributed by atoms with Gasteiger partial charge in [0.1, 0.15) is 12.4 Å². The van der Waals surface area contributed by atoms with Crippen LogP contribution in [0.15, 0.2) is 60.8 Å². The summed E-state index contributed by atoms with van der Waals surface area (Å²) in [6.07, 6.45) is 8.73. The van der Waals surface area contributed by atoms with Gasteiger partial charge in [-0.15, -0.1) is 0 Å². The molecule has 1 aromatic heterocycles. The molecule has 2 aliphatic heterocycles. The normalized spacial score (nSPS) is 18.6. The number of pyridine rings is 1. The second kappa shape index (κ2) is 9.05. The predicted molar refractivity (Wildman–Crippen MR) is 123 cm³/mol. The average Bonchev–Trinajstić information content (AvgIpc) is 2.83. The van der Waals surface area contributed by atoms with Crippen molar-refractivity contribution < 1.29 is 4.74 Å². The fourth-order valence-corrected chi connectivity index (χ4v) is 4.87. The van der Waals surface area contributed by atoms with Crippen LogP contribution in [0.4, 0.5) is 5.69 Å². The summed E-state index contributed by atoms with van der Waals surface area (Å²) in [5.74, 6) is 0.897. The molecule has 0 radical (unpaired) electrons. The van der Waals surface area contributed by atoms with Crippen molar-refractivity contribution >= 4 is 16.6 Å². The van der Waals surface area contributed by atoms with Crippen molar-refractivity contribution in [2.45, 2.75) is 44.8 Å². The van der Waals surface area contributed by atoms with Crippen molar-refractivity contribution in [2.75, 3.05) is 31.1 Å². The van der Waals surface area contributed by atoms with Crippen molar-refractivity contribution in [2.24, 2.45) is 0 Å². The Balaban J connectivity index is 1.25. The lowest BCUT2D eigenvalue weighted by Gasteiger charge is -2.40. The second-order valence-electron chi connectivity index (χ2n) is 8.64. The number of hydrogen-bond acceptors (Lipinski definition) is 4. The fourth-order valence-electron chi connectivity index (χ4n) is 4.87. The first kappa shape index (κ1) is 19.4. The number of aromatic nitrogens is 1. The molecule has 0 aliphatic carbocycles. The molecule has 0 bridgehead atoms. The molecule has 3 aromatic rings. The highest BCUT2D eigenvalue weighted by Crippen LogP contribution is 2.28. The maximum Gasteiger partial charge on any atom is 0.120 e. The van der Waals surface area contributed by atoms with Gasteiger partial charge in [0.2, 0.25) is 0 Å². The summed E-state index contributed by atoms with van der Waals surface area (Å²) in [6, 6.07) is 19.5. The van der Waals surface area contributed by atoms with Crippen LogP contribution in [0.3, 0.4) is 0 Å². The number of nitrogens with zero attached hydrogens (tertiary/aromatic N) is 3. The van der Waals surface area contributed by atoms with E-state index in [0.717, 1.165) is 35.8 Å². The summed E-state index contributed by atoms with van der Waals surface area (Å²) in [5.41, 5.74) is 3.44. The SMILES string of the molecule is c1ccc(COc2ccc3ncc(N4CCC(N5CCCCC5)CC4)cc3c2)cc1. The van der Waals surface area contributed by atoms with E-state index >= 15 is 0 Å². The Morgan fingerprint density at radius 2 is 1.67 bits per heavy atom. The van der Waals surface area contributed by atoms with Crippen LogP contribution in [0.5, 0.6) is 5.75 Å². The van der Waals surface area contributed by atoms with Crippen molar-refractivity contribution in [3.8, 4) is 5.75 Å². The molecule has 30 heavy (non-hydrogen) atoms. The van der Waals surface area contributed by atoms with Crippen molar-refractivity contribution in [1.82, 2.24) is 9.88 Å². The highest BCUT2D eigenvalue weighted by molar-refractivity contribution is 5.83. The van der Waals surface area contributed by atoms with Gasteiger partial charge in [-0.25, -0.2) is 0 Å². The van der Waals surface area contributed by atoms with E-state index in [2.05, 4.69) is 40.1 Å². The maximum absolute atomic E-state index is 6.02. The molecule has 0 spiro atoms. The van der Waals surface area contributed by atoms with Crippen molar-refractivity contribution in [1.29, 1.82) is 0 Å². The summed E-state index contributed by atoms with van der Waals surface area (Å²) in [6.45, 7) is 5.43. The molecular weight excluding hydrogens is 370 g/mol. The average molecular weight is 402 g/mol. The first-order valence-electron chi connectivity index (χ1n) is 11.4. The Hall–Kier alpha value is -2.59. The Labute approximate surface area is 179 Å². The van der Waals surface area contributed by atoms with Gasteiger partial charge >= 0.3 is 0 Å². The number of rotatable bonds is 5. The van der Waals surface area contributed by atoms with Gasteiger partial charge in [0.15, 0.2) is 0 Å². The molecule has 5 rings (SSSR count). The van der Waals surface area contributed by atoms with Crippen LogP contribution in [0, 0.1) is 0 Å². The van der Waals surface area contributed by atoms with Gasteiger partial charge in [-0.1, -0.05) is 36.8 Å². The lowest BCUT2D eigenvalue weighted by molar-refractivity contribution is 0.141.